The fraction of sp³-hybridized carbons (Fsp3) is 0.600. The van der Waals surface area contributed by atoms with Crippen LogP contribution >= 0.6 is 0 Å². The van der Waals surface area contributed by atoms with Gasteiger partial charge in [0, 0.05) is 25.2 Å². The van der Waals surface area contributed by atoms with E-state index in [1.165, 1.54) is 36.9 Å². The summed E-state index contributed by atoms with van der Waals surface area (Å²) in [4.78, 5) is 2.66. The summed E-state index contributed by atoms with van der Waals surface area (Å²) in [6.45, 7) is 4.17. The smallest absolute Gasteiger partial charge is 0.0473 e. The van der Waals surface area contributed by atoms with Gasteiger partial charge < -0.3 is 5.73 Å². The Morgan fingerprint density at radius 3 is 2.88 bits per heavy atom. The quantitative estimate of drug-likeness (QED) is 0.864. The summed E-state index contributed by atoms with van der Waals surface area (Å²) < 4.78 is 0. The molecule has 2 nitrogen and oxygen atoms in total. The van der Waals surface area contributed by atoms with Crippen molar-refractivity contribution in [2.24, 2.45) is 11.7 Å². The molecule has 1 aliphatic carbocycles. The largest absolute Gasteiger partial charge is 0.329 e. The molecular weight excluding hydrogens is 208 g/mol. The predicted octanol–water partition coefficient (Wildman–Crippen LogP) is 2.48. The standard InChI is InChI=1S/C15H22N2/c1-11-3-2-4-13(7-11)15(9-16)17-10-12-5-6-14(17)8-12/h2-4,7,12,14-15H,5-6,8-10,16H2,1H3. The molecule has 17 heavy (non-hydrogen) atoms. The van der Waals surface area contributed by atoms with E-state index in [0.29, 0.717) is 6.04 Å². The van der Waals surface area contributed by atoms with E-state index >= 15 is 0 Å². The van der Waals surface area contributed by atoms with E-state index in [9.17, 15) is 0 Å². The molecule has 1 heterocycles. The second-order valence-electron chi connectivity index (χ2n) is 5.70. The van der Waals surface area contributed by atoms with Crippen molar-refractivity contribution in [1.82, 2.24) is 4.90 Å². The maximum atomic E-state index is 6.02. The van der Waals surface area contributed by atoms with Gasteiger partial charge in [-0.2, -0.15) is 0 Å². The molecule has 1 aromatic carbocycles. The Labute approximate surface area is 104 Å². The van der Waals surface area contributed by atoms with Gasteiger partial charge in [0.1, 0.15) is 0 Å². The van der Waals surface area contributed by atoms with E-state index in [-0.39, 0.29) is 0 Å². The summed E-state index contributed by atoms with van der Waals surface area (Å²) in [5.41, 5.74) is 8.77. The highest BCUT2D eigenvalue weighted by molar-refractivity contribution is 5.26. The lowest BCUT2D eigenvalue weighted by Gasteiger charge is -2.34. The van der Waals surface area contributed by atoms with Gasteiger partial charge in [0.2, 0.25) is 0 Å². The first-order valence-electron chi connectivity index (χ1n) is 6.80. The lowest BCUT2D eigenvalue weighted by atomic mass is 10.0. The molecule has 1 saturated heterocycles. The van der Waals surface area contributed by atoms with Crippen LogP contribution in [0.5, 0.6) is 0 Å². The lowest BCUT2D eigenvalue weighted by Crippen LogP contribution is -2.39. The molecule has 92 valence electrons. The summed E-state index contributed by atoms with van der Waals surface area (Å²) in [7, 11) is 0. The van der Waals surface area contributed by atoms with Crippen molar-refractivity contribution in [3.8, 4) is 0 Å². The molecule has 2 fully saturated rings. The third-order valence-electron chi connectivity index (χ3n) is 4.50. The first-order valence-corrected chi connectivity index (χ1v) is 6.80. The van der Waals surface area contributed by atoms with Crippen LogP contribution in [-0.4, -0.2) is 24.0 Å². The van der Waals surface area contributed by atoms with E-state index in [2.05, 4.69) is 36.1 Å². The summed E-state index contributed by atoms with van der Waals surface area (Å²) in [5.74, 6) is 0.943. The minimum absolute atomic E-state index is 0.435. The number of likely N-dealkylation sites (tertiary alicyclic amines) is 1. The molecular formula is C15H22N2. The molecule has 2 N–H and O–H groups in total. The Hall–Kier alpha value is -0.860. The SMILES string of the molecule is Cc1cccc(C(CN)N2CC3CCC2C3)c1. The fourth-order valence-corrected chi connectivity index (χ4v) is 3.68. The molecule has 1 aromatic rings. The molecule has 0 amide bonds. The van der Waals surface area contributed by atoms with Crippen LogP contribution < -0.4 is 5.73 Å². The van der Waals surface area contributed by atoms with Crippen molar-refractivity contribution < 1.29 is 0 Å². The number of piperidine rings is 1. The van der Waals surface area contributed by atoms with Crippen LogP contribution in [0.2, 0.25) is 0 Å². The first kappa shape index (κ1) is 11.2. The zero-order chi connectivity index (χ0) is 11.8. The third kappa shape index (κ3) is 2.00. The van der Waals surface area contributed by atoms with Crippen LogP contribution in [0.15, 0.2) is 24.3 Å². The molecule has 3 unspecified atom stereocenters. The van der Waals surface area contributed by atoms with Crippen LogP contribution in [0.25, 0.3) is 0 Å². The van der Waals surface area contributed by atoms with Crippen molar-refractivity contribution in [2.45, 2.75) is 38.3 Å². The number of fused-ring (bicyclic) bond motifs is 2. The average Bonchev–Trinajstić information content (AvgIpc) is 2.92. The van der Waals surface area contributed by atoms with Crippen LogP contribution in [0.4, 0.5) is 0 Å². The molecule has 0 radical (unpaired) electrons. The van der Waals surface area contributed by atoms with E-state index in [4.69, 9.17) is 5.73 Å². The number of hydrogen-bond acceptors (Lipinski definition) is 2. The molecule has 3 rings (SSSR count). The van der Waals surface area contributed by atoms with E-state index in [1.54, 1.807) is 0 Å². The third-order valence-corrected chi connectivity index (χ3v) is 4.50. The van der Waals surface area contributed by atoms with Crippen molar-refractivity contribution in [3.63, 3.8) is 0 Å². The Morgan fingerprint density at radius 1 is 1.41 bits per heavy atom. The summed E-state index contributed by atoms with van der Waals surface area (Å²) in [6.07, 6.45) is 4.22. The fourth-order valence-electron chi connectivity index (χ4n) is 3.68. The number of nitrogens with zero attached hydrogens (tertiary/aromatic N) is 1. The Balaban J connectivity index is 1.84. The minimum Gasteiger partial charge on any atom is -0.329 e. The maximum absolute atomic E-state index is 6.02. The second-order valence-corrected chi connectivity index (χ2v) is 5.70. The molecule has 3 atom stereocenters. The zero-order valence-corrected chi connectivity index (χ0v) is 10.6. The van der Waals surface area contributed by atoms with Gasteiger partial charge in [0.15, 0.2) is 0 Å². The molecule has 0 aromatic heterocycles. The van der Waals surface area contributed by atoms with Gasteiger partial charge in [0.25, 0.3) is 0 Å². The highest BCUT2D eigenvalue weighted by Crippen LogP contribution is 2.41. The Bertz CT molecular complexity index is 402. The van der Waals surface area contributed by atoms with Crippen LogP contribution in [0.3, 0.4) is 0 Å². The van der Waals surface area contributed by atoms with E-state index in [0.717, 1.165) is 18.5 Å². The number of hydrogen-bond donors (Lipinski definition) is 1. The highest BCUT2D eigenvalue weighted by Gasteiger charge is 2.40. The van der Waals surface area contributed by atoms with Crippen molar-refractivity contribution >= 4 is 0 Å². The second kappa shape index (κ2) is 4.43. The van der Waals surface area contributed by atoms with Crippen LogP contribution in [0.1, 0.15) is 36.4 Å². The summed E-state index contributed by atoms with van der Waals surface area (Å²) in [6, 6.07) is 10.1. The topological polar surface area (TPSA) is 29.3 Å². The number of rotatable bonds is 3. The normalized spacial score (nSPS) is 29.8. The summed E-state index contributed by atoms with van der Waals surface area (Å²) in [5, 5.41) is 0. The van der Waals surface area contributed by atoms with Gasteiger partial charge in [-0.05, 0) is 37.7 Å². The van der Waals surface area contributed by atoms with Crippen LogP contribution in [0, 0.1) is 12.8 Å². The Kier molecular flexibility index (Phi) is 2.93. The van der Waals surface area contributed by atoms with Crippen molar-refractivity contribution in [3.05, 3.63) is 35.4 Å². The van der Waals surface area contributed by atoms with Crippen LogP contribution in [-0.2, 0) is 0 Å². The minimum atomic E-state index is 0.435. The predicted molar refractivity (Wildman–Crippen MR) is 70.8 cm³/mol. The lowest BCUT2D eigenvalue weighted by molar-refractivity contribution is 0.153. The van der Waals surface area contributed by atoms with Gasteiger partial charge >= 0.3 is 0 Å². The van der Waals surface area contributed by atoms with E-state index < -0.39 is 0 Å². The molecule has 0 spiro atoms. The number of aryl methyl sites for hydroxylation is 1. The molecule has 1 saturated carbocycles. The molecule has 2 aliphatic rings. The van der Waals surface area contributed by atoms with Crippen molar-refractivity contribution in [1.29, 1.82) is 0 Å². The Morgan fingerprint density at radius 2 is 2.29 bits per heavy atom. The van der Waals surface area contributed by atoms with Crippen molar-refractivity contribution in [2.75, 3.05) is 13.1 Å². The van der Waals surface area contributed by atoms with Gasteiger partial charge in [-0.25, -0.2) is 0 Å². The summed E-state index contributed by atoms with van der Waals surface area (Å²) >= 11 is 0. The first-order chi connectivity index (χ1) is 8.28. The van der Waals surface area contributed by atoms with Gasteiger partial charge in [-0.15, -0.1) is 0 Å². The molecule has 1 aliphatic heterocycles. The number of nitrogens with two attached hydrogens (primary N) is 1. The maximum Gasteiger partial charge on any atom is 0.0473 e. The highest BCUT2D eigenvalue weighted by atomic mass is 15.2. The molecule has 2 bridgehead atoms. The van der Waals surface area contributed by atoms with Gasteiger partial charge in [0.05, 0.1) is 0 Å². The zero-order valence-electron chi connectivity index (χ0n) is 10.6. The average molecular weight is 230 g/mol. The number of benzene rings is 1. The van der Waals surface area contributed by atoms with Gasteiger partial charge in [-0.3, -0.25) is 4.90 Å². The monoisotopic (exact) mass is 230 g/mol. The van der Waals surface area contributed by atoms with E-state index in [1.807, 2.05) is 0 Å². The molecule has 2 heteroatoms. The van der Waals surface area contributed by atoms with Gasteiger partial charge in [-0.1, -0.05) is 29.8 Å².